The number of nitrogen functional groups attached to an aromatic ring is 1. The number of aliphatic hydroxyl groups excluding tert-OH is 1. The van der Waals surface area contributed by atoms with Gasteiger partial charge in [0.1, 0.15) is 36.8 Å². The summed E-state index contributed by atoms with van der Waals surface area (Å²) in [5.41, 5.74) is 2.27. The molecule has 1 aromatic heterocycles. The van der Waals surface area contributed by atoms with Crippen LogP contribution in [-0.2, 0) is 61.2 Å². The molecule has 6 atom stereocenters. The monoisotopic (exact) mass is 666 g/mol. The molecule has 20 heteroatoms. The molecule has 2 heterocycles. The molecule has 0 amide bonds. The average molecular weight is 667 g/mol. The minimum absolute atomic E-state index is 0.0528. The molecule has 1 fully saturated rings. The van der Waals surface area contributed by atoms with Gasteiger partial charge in [-0.1, -0.05) is 0 Å². The van der Waals surface area contributed by atoms with E-state index in [1.807, 2.05) is 0 Å². The second kappa shape index (κ2) is 16.7. The summed E-state index contributed by atoms with van der Waals surface area (Å²) in [5, 5.41) is 13.2. The van der Waals surface area contributed by atoms with Crippen molar-refractivity contribution in [1.29, 1.82) is 0 Å². The Labute approximate surface area is 258 Å². The van der Waals surface area contributed by atoms with Crippen LogP contribution in [0.4, 0.5) is 5.82 Å². The molecule has 0 aliphatic carbocycles. The Balaban J connectivity index is 2.42. The Kier molecular flexibility index (Phi) is 14.0. The lowest BCUT2D eigenvalue weighted by Crippen LogP contribution is -2.50. The average Bonchev–Trinajstić information content (AvgIpc) is 3.30. The molecule has 2 rings (SSSR count). The number of aromatic nitrogens is 2. The van der Waals surface area contributed by atoms with Crippen molar-refractivity contribution >= 4 is 37.4 Å². The number of methoxy groups -OCH3 is 2. The second-order valence-electron chi connectivity index (χ2n) is 9.54. The number of anilines is 1. The molecule has 0 saturated carbocycles. The minimum Gasteiger partial charge on any atom is -0.468 e. The molecule has 19 nitrogen and oxygen atoms in total. The van der Waals surface area contributed by atoms with E-state index in [-0.39, 0.29) is 19.0 Å². The Morgan fingerprint density at radius 1 is 1.13 bits per heavy atom. The summed E-state index contributed by atoms with van der Waals surface area (Å²) in [7, 11) is -2.43. The fourth-order valence-corrected chi connectivity index (χ4v) is 5.56. The lowest BCUT2D eigenvalue weighted by Gasteiger charge is -2.30. The summed E-state index contributed by atoms with van der Waals surface area (Å²) < 4.78 is 56.8. The zero-order valence-electron chi connectivity index (χ0n) is 25.7. The maximum absolute atomic E-state index is 14.0. The molecule has 0 radical (unpaired) electrons. The van der Waals surface area contributed by atoms with E-state index in [2.05, 4.69) is 14.8 Å². The van der Waals surface area contributed by atoms with Gasteiger partial charge >= 0.3 is 37.3 Å². The summed E-state index contributed by atoms with van der Waals surface area (Å²) in [6.07, 6.45) is -3.84. The molecule has 4 unspecified atom stereocenters. The third-order valence-corrected chi connectivity index (χ3v) is 8.02. The maximum Gasteiger partial charge on any atom is 0.406 e. The van der Waals surface area contributed by atoms with Gasteiger partial charge in [0.15, 0.2) is 6.23 Å². The van der Waals surface area contributed by atoms with Crippen molar-refractivity contribution in [2.75, 3.05) is 53.0 Å². The van der Waals surface area contributed by atoms with E-state index < -0.39 is 93.1 Å². The molecule has 1 aliphatic heterocycles. The highest BCUT2D eigenvalue weighted by molar-refractivity contribution is 7.51. The second-order valence-corrected chi connectivity index (χ2v) is 11.3. The topological polar surface area (TPSA) is 252 Å². The van der Waals surface area contributed by atoms with E-state index in [0.717, 1.165) is 18.6 Å². The number of nitrogens with zero attached hydrogens (tertiary/aromatic N) is 2. The molecular formula is C25H39N4O15P. The summed E-state index contributed by atoms with van der Waals surface area (Å²) in [5.74, 6) is -4.26. The van der Waals surface area contributed by atoms with Crippen LogP contribution in [0.15, 0.2) is 17.1 Å². The van der Waals surface area contributed by atoms with Crippen molar-refractivity contribution < 1.29 is 66.3 Å². The van der Waals surface area contributed by atoms with Gasteiger partial charge in [0, 0.05) is 20.2 Å². The van der Waals surface area contributed by atoms with Gasteiger partial charge in [-0.05, 0) is 26.8 Å². The number of carbonyl (C=O) groups excluding carboxylic acids is 4. The van der Waals surface area contributed by atoms with Crippen LogP contribution in [-0.4, -0.2) is 110 Å². The van der Waals surface area contributed by atoms with Crippen LogP contribution in [0, 0.1) is 5.41 Å². The number of rotatable bonds is 17. The standard InChI is InChI=1S/C25H39N4O15P/c1-7-39-22(33)25(12-41-15(4)30,23(34)40-8-2)13-43-45(36,28-14(3)21(32)38-6)42-11-16-18(31)19(37-5)20(44-16)29-10-9-17(26)27-24(29)35/h9-10,14,16,18-20,31H,7-8,11-13H2,1-6H3,(H,28,36)(H2,26,27,35)/t14?,16-,18?,19?,20-,45?/m1/s1. The number of nitrogens with two attached hydrogens (primary N) is 1. The molecule has 0 bridgehead atoms. The lowest BCUT2D eigenvalue weighted by atomic mass is 9.90. The van der Waals surface area contributed by atoms with Crippen molar-refractivity contribution in [3.8, 4) is 0 Å². The van der Waals surface area contributed by atoms with E-state index in [4.69, 9.17) is 38.5 Å². The highest BCUT2D eigenvalue weighted by atomic mass is 31.2. The number of carbonyl (C=O) groups is 4. The van der Waals surface area contributed by atoms with E-state index in [9.17, 15) is 33.6 Å². The summed E-state index contributed by atoms with van der Waals surface area (Å²) >= 11 is 0. The molecule has 1 saturated heterocycles. The number of esters is 4. The fraction of sp³-hybridized carbons (Fsp3) is 0.680. The third kappa shape index (κ3) is 9.52. The van der Waals surface area contributed by atoms with Gasteiger partial charge in [-0.15, -0.1) is 0 Å². The van der Waals surface area contributed by atoms with E-state index in [1.54, 1.807) is 0 Å². The number of nitrogens with one attached hydrogen (secondary N) is 1. The molecule has 0 aromatic carbocycles. The summed E-state index contributed by atoms with van der Waals surface area (Å²) in [4.78, 5) is 65.9. The first-order valence-corrected chi connectivity index (χ1v) is 15.2. The number of aliphatic hydroxyl groups is 1. The first kappa shape index (κ1) is 37.7. The predicted octanol–water partition coefficient (Wildman–Crippen LogP) is -0.933. The molecule has 1 aromatic rings. The maximum atomic E-state index is 14.0. The molecule has 1 aliphatic rings. The first-order valence-electron chi connectivity index (χ1n) is 13.6. The predicted molar refractivity (Wildman–Crippen MR) is 150 cm³/mol. The Hall–Kier alpha value is -3.45. The van der Waals surface area contributed by atoms with Crippen molar-refractivity contribution in [3.05, 3.63) is 22.7 Å². The van der Waals surface area contributed by atoms with Crippen LogP contribution in [0.2, 0.25) is 0 Å². The van der Waals surface area contributed by atoms with Crippen LogP contribution >= 0.6 is 7.75 Å². The van der Waals surface area contributed by atoms with Crippen molar-refractivity contribution in [3.63, 3.8) is 0 Å². The van der Waals surface area contributed by atoms with Crippen LogP contribution in [0.5, 0.6) is 0 Å². The zero-order chi connectivity index (χ0) is 33.9. The minimum atomic E-state index is -4.75. The van der Waals surface area contributed by atoms with Gasteiger partial charge in [0.25, 0.3) is 0 Å². The molecule has 4 N–H and O–H groups in total. The van der Waals surface area contributed by atoms with Gasteiger partial charge in [0.05, 0.1) is 33.5 Å². The normalized spacial score (nSPS) is 21.8. The van der Waals surface area contributed by atoms with E-state index in [1.165, 1.54) is 40.1 Å². The number of hydrogen-bond acceptors (Lipinski definition) is 17. The largest absolute Gasteiger partial charge is 0.468 e. The number of ether oxygens (including phenoxy) is 6. The van der Waals surface area contributed by atoms with Crippen LogP contribution < -0.4 is 16.5 Å². The van der Waals surface area contributed by atoms with Crippen LogP contribution in [0.3, 0.4) is 0 Å². The Morgan fingerprint density at radius 3 is 2.27 bits per heavy atom. The zero-order valence-corrected chi connectivity index (χ0v) is 26.6. The van der Waals surface area contributed by atoms with Crippen LogP contribution in [0.1, 0.15) is 33.9 Å². The Bertz CT molecular complexity index is 1290. The smallest absolute Gasteiger partial charge is 0.406 e. The number of hydrogen-bond donors (Lipinski definition) is 3. The van der Waals surface area contributed by atoms with Gasteiger partial charge in [-0.2, -0.15) is 4.98 Å². The highest BCUT2D eigenvalue weighted by Gasteiger charge is 2.53. The van der Waals surface area contributed by atoms with Gasteiger partial charge < -0.3 is 39.3 Å². The van der Waals surface area contributed by atoms with Gasteiger partial charge in [-0.25, -0.2) is 14.4 Å². The van der Waals surface area contributed by atoms with Crippen molar-refractivity contribution in [2.24, 2.45) is 5.41 Å². The SMILES string of the molecule is CCOC(=O)C(COC(C)=O)(COP(=O)(NC(C)C(=O)OC)OC[C@H]1O[C@@H](n2ccc(N)nc2=O)C(OC)C1O)C(=O)OCC. The van der Waals surface area contributed by atoms with Gasteiger partial charge in [-0.3, -0.25) is 32.8 Å². The van der Waals surface area contributed by atoms with E-state index >= 15 is 0 Å². The molecule has 254 valence electrons. The summed E-state index contributed by atoms with van der Waals surface area (Å²) in [6, 6.07) is -0.00885. The van der Waals surface area contributed by atoms with Crippen molar-refractivity contribution in [2.45, 2.75) is 58.3 Å². The van der Waals surface area contributed by atoms with E-state index in [0.29, 0.717) is 0 Å². The molecule has 0 spiro atoms. The Morgan fingerprint density at radius 2 is 1.76 bits per heavy atom. The van der Waals surface area contributed by atoms with Gasteiger partial charge in [0.2, 0.25) is 5.41 Å². The molecule has 45 heavy (non-hydrogen) atoms. The fourth-order valence-electron chi connectivity index (χ4n) is 4.02. The molecular weight excluding hydrogens is 627 g/mol. The summed E-state index contributed by atoms with van der Waals surface area (Å²) in [6.45, 7) is 2.09. The quantitative estimate of drug-likeness (QED) is 0.0785. The van der Waals surface area contributed by atoms with Crippen LogP contribution in [0.25, 0.3) is 0 Å². The third-order valence-electron chi connectivity index (χ3n) is 6.36. The van der Waals surface area contributed by atoms with Crippen molar-refractivity contribution in [1.82, 2.24) is 14.6 Å². The highest BCUT2D eigenvalue weighted by Crippen LogP contribution is 2.47. The first-order chi connectivity index (χ1) is 21.2. The lowest BCUT2D eigenvalue weighted by molar-refractivity contribution is -0.181.